The average molecular weight is 212 g/mol. The van der Waals surface area contributed by atoms with E-state index in [1.54, 1.807) is 0 Å². The first-order chi connectivity index (χ1) is 7.11. The fraction of sp³-hybridized carbons (Fsp3) is 1.00. The van der Waals surface area contributed by atoms with Gasteiger partial charge in [-0.3, -0.25) is 0 Å². The Balaban J connectivity index is 2.24. The smallest absolute Gasteiger partial charge is 0.00194 e. The van der Waals surface area contributed by atoms with Crippen molar-refractivity contribution in [2.24, 2.45) is 17.8 Å². The Labute approximate surface area is 95.4 Å². The van der Waals surface area contributed by atoms with Crippen molar-refractivity contribution in [3.63, 3.8) is 0 Å². The number of piperidine rings is 1. The maximum atomic E-state index is 3.43. The summed E-state index contributed by atoms with van der Waals surface area (Å²) in [5.74, 6) is 2.56. The second kappa shape index (κ2) is 6.49. The number of nitrogens with zero attached hydrogens (tertiary/aromatic N) is 1. The standard InChI is InChI=1S/C13H28N2/c1-5-14-7-13(4)10-15-8-11(2)6-12(3)9-15/h11-14H,5-10H2,1-4H3. The summed E-state index contributed by atoms with van der Waals surface area (Å²) in [6.45, 7) is 15.4. The molecule has 1 saturated heterocycles. The molecule has 1 aliphatic rings. The molecule has 0 aromatic rings. The Bertz CT molecular complexity index is 160. The molecule has 0 aromatic heterocycles. The summed E-state index contributed by atoms with van der Waals surface area (Å²) in [7, 11) is 0. The number of hydrogen-bond acceptors (Lipinski definition) is 2. The molecule has 0 saturated carbocycles. The summed E-state index contributed by atoms with van der Waals surface area (Å²) in [5, 5.41) is 3.43. The van der Waals surface area contributed by atoms with Crippen LogP contribution >= 0.6 is 0 Å². The van der Waals surface area contributed by atoms with Gasteiger partial charge in [0.15, 0.2) is 0 Å². The zero-order chi connectivity index (χ0) is 11.3. The molecule has 0 radical (unpaired) electrons. The molecule has 0 spiro atoms. The normalized spacial score (nSPS) is 30.4. The first-order valence-electron chi connectivity index (χ1n) is 6.54. The van der Waals surface area contributed by atoms with Crippen LogP contribution in [0.25, 0.3) is 0 Å². The lowest BCUT2D eigenvalue weighted by atomic mass is 9.91. The van der Waals surface area contributed by atoms with Gasteiger partial charge in [-0.2, -0.15) is 0 Å². The van der Waals surface area contributed by atoms with E-state index in [1.165, 1.54) is 26.1 Å². The number of likely N-dealkylation sites (tertiary alicyclic amines) is 1. The van der Waals surface area contributed by atoms with Crippen molar-refractivity contribution >= 4 is 0 Å². The first kappa shape index (κ1) is 13.0. The maximum Gasteiger partial charge on any atom is 0.00194 e. The highest BCUT2D eigenvalue weighted by Gasteiger charge is 2.22. The second-order valence-corrected chi connectivity index (χ2v) is 5.58. The molecule has 0 amide bonds. The van der Waals surface area contributed by atoms with Crippen molar-refractivity contribution in [3.05, 3.63) is 0 Å². The molecule has 1 aliphatic heterocycles. The van der Waals surface area contributed by atoms with E-state index < -0.39 is 0 Å². The van der Waals surface area contributed by atoms with Gasteiger partial charge in [0.05, 0.1) is 0 Å². The van der Waals surface area contributed by atoms with Crippen LogP contribution in [0.3, 0.4) is 0 Å². The largest absolute Gasteiger partial charge is 0.317 e. The highest BCUT2D eigenvalue weighted by Crippen LogP contribution is 2.21. The fourth-order valence-corrected chi connectivity index (χ4v) is 2.84. The van der Waals surface area contributed by atoms with Gasteiger partial charge in [-0.15, -0.1) is 0 Å². The summed E-state index contributed by atoms with van der Waals surface area (Å²) in [4.78, 5) is 2.65. The summed E-state index contributed by atoms with van der Waals surface area (Å²) in [6.07, 6.45) is 1.41. The number of rotatable bonds is 5. The van der Waals surface area contributed by atoms with Crippen molar-refractivity contribution in [2.45, 2.75) is 34.1 Å². The lowest BCUT2D eigenvalue weighted by molar-refractivity contribution is 0.124. The van der Waals surface area contributed by atoms with Crippen LogP contribution in [0.5, 0.6) is 0 Å². The molecule has 1 fully saturated rings. The average Bonchev–Trinajstić information content (AvgIpc) is 2.13. The Kier molecular flexibility index (Phi) is 5.62. The first-order valence-corrected chi connectivity index (χ1v) is 6.54. The van der Waals surface area contributed by atoms with Crippen LogP contribution < -0.4 is 5.32 Å². The van der Waals surface area contributed by atoms with Crippen LogP contribution in [0.15, 0.2) is 0 Å². The summed E-state index contributed by atoms with van der Waals surface area (Å²) in [6, 6.07) is 0. The van der Waals surface area contributed by atoms with E-state index in [9.17, 15) is 0 Å². The molecule has 2 nitrogen and oxygen atoms in total. The molecule has 3 unspecified atom stereocenters. The third-order valence-corrected chi connectivity index (χ3v) is 3.26. The van der Waals surface area contributed by atoms with Gasteiger partial charge in [0.2, 0.25) is 0 Å². The predicted octanol–water partition coefficient (Wildman–Crippen LogP) is 2.21. The van der Waals surface area contributed by atoms with Gasteiger partial charge < -0.3 is 10.2 Å². The molecule has 0 aliphatic carbocycles. The minimum absolute atomic E-state index is 0.780. The van der Waals surface area contributed by atoms with Gasteiger partial charge in [-0.25, -0.2) is 0 Å². The van der Waals surface area contributed by atoms with Crippen LogP contribution in [0.1, 0.15) is 34.1 Å². The van der Waals surface area contributed by atoms with E-state index in [0.717, 1.165) is 30.8 Å². The minimum atomic E-state index is 0.780. The third kappa shape index (κ3) is 4.98. The fourth-order valence-electron chi connectivity index (χ4n) is 2.84. The van der Waals surface area contributed by atoms with Gasteiger partial charge >= 0.3 is 0 Å². The highest BCUT2D eigenvalue weighted by molar-refractivity contribution is 4.76. The molecule has 1 rings (SSSR count). The zero-order valence-corrected chi connectivity index (χ0v) is 10.9. The molecule has 0 bridgehead atoms. The lowest BCUT2D eigenvalue weighted by Gasteiger charge is -2.36. The molecule has 0 aromatic carbocycles. The van der Waals surface area contributed by atoms with E-state index in [2.05, 4.69) is 37.9 Å². The number of hydrogen-bond donors (Lipinski definition) is 1. The maximum absolute atomic E-state index is 3.43. The Hall–Kier alpha value is -0.0800. The van der Waals surface area contributed by atoms with E-state index in [-0.39, 0.29) is 0 Å². The van der Waals surface area contributed by atoms with Crippen molar-refractivity contribution in [3.8, 4) is 0 Å². The quantitative estimate of drug-likeness (QED) is 0.751. The number of nitrogens with one attached hydrogen (secondary N) is 1. The van der Waals surface area contributed by atoms with Crippen molar-refractivity contribution < 1.29 is 0 Å². The van der Waals surface area contributed by atoms with Crippen LogP contribution in [-0.2, 0) is 0 Å². The predicted molar refractivity (Wildman–Crippen MR) is 67.1 cm³/mol. The zero-order valence-electron chi connectivity index (χ0n) is 10.9. The van der Waals surface area contributed by atoms with Crippen LogP contribution in [0.2, 0.25) is 0 Å². The van der Waals surface area contributed by atoms with Gasteiger partial charge in [0.1, 0.15) is 0 Å². The molecule has 15 heavy (non-hydrogen) atoms. The molecular weight excluding hydrogens is 184 g/mol. The molecule has 90 valence electrons. The topological polar surface area (TPSA) is 15.3 Å². The van der Waals surface area contributed by atoms with Crippen LogP contribution in [0, 0.1) is 17.8 Å². The van der Waals surface area contributed by atoms with Crippen LogP contribution in [0.4, 0.5) is 0 Å². The van der Waals surface area contributed by atoms with Crippen molar-refractivity contribution in [1.29, 1.82) is 0 Å². The monoisotopic (exact) mass is 212 g/mol. The molecular formula is C13H28N2. The Morgan fingerprint density at radius 3 is 2.40 bits per heavy atom. The van der Waals surface area contributed by atoms with E-state index in [1.807, 2.05) is 0 Å². The second-order valence-electron chi connectivity index (χ2n) is 5.58. The van der Waals surface area contributed by atoms with E-state index >= 15 is 0 Å². The molecule has 3 atom stereocenters. The Morgan fingerprint density at radius 1 is 1.27 bits per heavy atom. The van der Waals surface area contributed by atoms with Gasteiger partial charge in [0, 0.05) is 19.6 Å². The third-order valence-electron chi connectivity index (χ3n) is 3.26. The van der Waals surface area contributed by atoms with E-state index in [0.29, 0.717) is 0 Å². The minimum Gasteiger partial charge on any atom is -0.317 e. The van der Waals surface area contributed by atoms with E-state index in [4.69, 9.17) is 0 Å². The highest BCUT2D eigenvalue weighted by atomic mass is 15.1. The van der Waals surface area contributed by atoms with Crippen LogP contribution in [-0.4, -0.2) is 37.6 Å². The van der Waals surface area contributed by atoms with Gasteiger partial charge in [-0.1, -0.05) is 27.7 Å². The Morgan fingerprint density at radius 2 is 1.87 bits per heavy atom. The van der Waals surface area contributed by atoms with Gasteiger partial charge in [-0.05, 0) is 37.3 Å². The lowest BCUT2D eigenvalue weighted by Crippen LogP contribution is -2.42. The molecule has 1 N–H and O–H groups in total. The summed E-state index contributed by atoms with van der Waals surface area (Å²) < 4.78 is 0. The van der Waals surface area contributed by atoms with Gasteiger partial charge in [0.25, 0.3) is 0 Å². The molecule has 2 heteroatoms. The van der Waals surface area contributed by atoms with Crippen molar-refractivity contribution in [1.82, 2.24) is 10.2 Å². The summed E-state index contributed by atoms with van der Waals surface area (Å²) in [5.41, 5.74) is 0. The molecule has 1 heterocycles. The van der Waals surface area contributed by atoms with Crippen molar-refractivity contribution in [2.75, 3.05) is 32.7 Å². The summed E-state index contributed by atoms with van der Waals surface area (Å²) >= 11 is 0. The SMILES string of the molecule is CCNCC(C)CN1CC(C)CC(C)C1.